The maximum absolute atomic E-state index is 13.0. The number of nitrogens with one attached hydrogen (secondary N) is 1. The summed E-state index contributed by atoms with van der Waals surface area (Å²) >= 11 is 6.33. The zero-order valence-electron chi connectivity index (χ0n) is 19.2. The largest absolute Gasteiger partial charge is 0.339 e. The smallest absolute Gasteiger partial charge is 0.255 e. The van der Waals surface area contributed by atoms with Crippen molar-refractivity contribution in [3.63, 3.8) is 0 Å². The standard InChI is InChI=1S/C24H30ClN3O4S/c1-4-27(5-2)24(30)20-12-10-18(15-22(20)25)26-23(29)21-16-19(11-9-17(21)3)33(31,32)28-13-7-6-8-14-28/h9-12,15-16H,4-8,13-14H2,1-3H3,(H,26,29). The minimum Gasteiger partial charge on any atom is -0.339 e. The molecule has 2 aromatic rings. The van der Waals surface area contributed by atoms with Gasteiger partial charge in [-0.3, -0.25) is 9.59 Å². The van der Waals surface area contributed by atoms with E-state index in [1.54, 1.807) is 36.1 Å². The van der Waals surface area contributed by atoms with Crippen LogP contribution >= 0.6 is 11.6 Å². The number of piperidine rings is 1. The van der Waals surface area contributed by atoms with E-state index in [1.807, 2.05) is 13.8 Å². The van der Waals surface area contributed by atoms with Gasteiger partial charge in [-0.1, -0.05) is 24.1 Å². The highest BCUT2D eigenvalue weighted by molar-refractivity contribution is 7.89. The fourth-order valence-corrected chi connectivity index (χ4v) is 5.71. The van der Waals surface area contributed by atoms with Gasteiger partial charge in [0, 0.05) is 37.4 Å². The van der Waals surface area contributed by atoms with Gasteiger partial charge in [0.15, 0.2) is 0 Å². The number of sulfonamides is 1. The molecule has 178 valence electrons. The molecule has 0 spiro atoms. The molecule has 7 nitrogen and oxygen atoms in total. The second kappa shape index (κ2) is 10.7. The summed E-state index contributed by atoms with van der Waals surface area (Å²) in [5.41, 5.74) is 1.71. The topological polar surface area (TPSA) is 86.8 Å². The lowest BCUT2D eigenvalue weighted by Gasteiger charge is -2.26. The number of carbonyl (C=O) groups is 2. The molecule has 0 unspecified atom stereocenters. The molecule has 0 atom stereocenters. The normalized spacial score (nSPS) is 14.7. The van der Waals surface area contributed by atoms with E-state index >= 15 is 0 Å². The van der Waals surface area contributed by atoms with E-state index in [0.29, 0.717) is 43.0 Å². The maximum atomic E-state index is 13.0. The van der Waals surface area contributed by atoms with Crippen molar-refractivity contribution in [3.8, 4) is 0 Å². The highest BCUT2D eigenvalue weighted by atomic mass is 35.5. The molecule has 2 aromatic carbocycles. The Balaban J connectivity index is 1.82. The van der Waals surface area contributed by atoms with Crippen molar-refractivity contribution in [2.75, 3.05) is 31.5 Å². The molecule has 1 saturated heterocycles. The summed E-state index contributed by atoms with van der Waals surface area (Å²) in [4.78, 5) is 27.3. The summed E-state index contributed by atoms with van der Waals surface area (Å²) in [5, 5.41) is 3.00. The molecule has 1 aliphatic heterocycles. The number of aryl methyl sites for hydroxylation is 1. The molecule has 9 heteroatoms. The third-order valence-corrected chi connectivity index (χ3v) is 8.12. The van der Waals surface area contributed by atoms with Crippen molar-refractivity contribution in [2.45, 2.75) is 44.9 Å². The highest BCUT2D eigenvalue weighted by Crippen LogP contribution is 2.25. The number of anilines is 1. The van der Waals surface area contributed by atoms with Crippen molar-refractivity contribution < 1.29 is 18.0 Å². The van der Waals surface area contributed by atoms with Crippen LogP contribution in [0.3, 0.4) is 0 Å². The van der Waals surface area contributed by atoms with Crippen LogP contribution in [0.2, 0.25) is 5.02 Å². The van der Waals surface area contributed by atoms with Gasteiger partial charge >= 0.3 is 0 Å². The molecule has 0 radical (unpaired) electrons. The summed E-state index contributed by atoms with van der Waals surface area (Å²) in [6, 6.07) is 9.34. The molecule has 0 bridgehead atoms. The number of hydrogen-bond acceptors (Lipinski definition) is 4. The first-order valence-electron chi connectivity index (χ1n) is 11.2. The first-order chi connectivity index (χ1) is 15.7. The van der Waals surface area contributed by atoms with Crippen LogP contribution < -0.4 is 5.32 Å². The Morgan fingerprint density at radius 2 is 1.67 bits per heavy atom. The highest BCUT2D eigenvalue weighted by Gasteiger charge is 2.27. The van der Waals surface area contributed by atoms with E-state index in [1.165, 1.54) is 16.4 Å². The molecule has 1 heterocycles. The van der Waals surface area contributed by atoms with E-state index in [9.17, 15) is 18.0 Å². The monoisotopic (exact) mass is 491 g/mol. The quantitative estimate of drug-likeness (QED) is 0.615. The molecule has 1 aliphatic rings. The molecule has 1 N–H and O–H groups in total. The van der Waals surface area contributed by atoms with Crippen LogP contribution in [0.25, 0.3) is 0 Å². The SMILES string of the molecule is CCN(CC)C(=O)c1ccc(NC(=O)c2cc(S(=O)(=O)N3CCCCC3)ccc2C)cc1Cl. The first-order valence-corrected chi connectivity index (χ1v) is 13.0. The Bertz CT molecular complexity index is 1140. The second-order valence-corrected chi connectivity index (χ2v) is 10.4. The lowest BCUT2D eigenvalue weighted by atomic mass is 10.1. The Morgan fingerprint density at radius 1 is 1.00 bits per heavy atom. The van der Waals surface area contributed by atoms with Crippen LogP contribution in [0.15, 0.2) is 41.3 Å². The number of hydrogen-bond donors (Lipinski definition) is 1. The molecular weight excluding hydrogens is 462 g/mol. The van der Waals surface area contributed by atoms with Crippen LogP contribution in [0.1, 0.15) is 59.4 Å². The zero-order valence-corrected chi connectivity index (χ0v) is 20.8. The number of nitrogens with zero attached hydrogens (tertiary/aromatic N) is 2. The van der Waals surface area contributed by atoms with E-state index in [2.05, 4.69) is 5.32 Å². The number of benzene rings is 2. The summed E-state index contributed by atoms with van der Waals surface area (Å²) in [7, 11) is -3.65. The summed E-state index contributed by atoms with van der Waals surface area (Å²) in [6.45, 7) is 7.67. The van der Waals surface area contributed by atoms with Crippen molar-refractivity contribution in [1.29, 1.82) is 0 Å². The van der Waals surface area contributed by atoms with Gasteiger partial charge in [-0.05, 0) is 69.5 Å². The maximum Gasteiger partial charge on any atom is 0.255 e. The van der Waals surface area contributed by atoms with Crippen LogP contribution in [0.4, 0.5) is 5.69 Å². The summed E-state index contributed by atoms with van der Waals surface area (Å²) in [5.74, 6) is -0.614. The fourth-order valence-electron chi connectivity index (χ4n) is 3.91. The predicted octanol–water partition coefficient (Wildman–Crippen LogP) is 4.56. The van der Waals surface area contributed by atoms with Gasteiger partial charge in [0.2, 0.25) is 10.0 Å². The zero-order chi connectivity index (χ0) is 24.2. The first kappa shape index (κ1) is 25.2. The summed E-state index contributed by atoms with van der Waals surface area (Å²) in [6.07, 6.45) is 2.70. The molecule has 0 aromatic heterocycles. The third-order valence-electron chi connectivity index (χ3n) is 5.91. The summed E-state index contributed by atoms with van der Waals surface area (Å²) < 4.78 is 27.5. The van der Waals surface area contributed by atoms with E-state index in [4.69, 9.17) is 11.6 Å². The third kappa shape index (κ3) is 5.57. The van der Waals surface area contributed by atoms with Crippen molar-refractivity contribution in [3.05, 3.63) is 58.1 Å². The van der Waals surface area contributed by atoms with Crippen molar-refractivity contribution in [2.24, 2.45) is 0 Å². The van der Waals surface area contributed by atoms with E-state index in [-0.39, 0.29) is 21.4 Å². The lowest BCUT2D eigenvalue weighted by molar-refractivity contribution is 0.0773. The van der Waals surface area contributed by atoms with Gasteiger partial charge in [-0.2, -0.15) is 4.31 Å². The van der Waals surface area contributed by atoms with Crippen molar-refractivity contribution >= 4 is 39.1 Å². The van der Waals surface area contributed by atoms with Gasteiger partial charge in [-0.15, -0.1) is 0 Å². The Hall–Kier alpha value is -2.42. The number of rotatable bonds is 7. The molecule has 33 heavy (non-hydrogen) atoms. The average molecular weight is 492 g/mol. The van der Waals surface area contributed by atoms with Gasteiger partial charge in [0.25, 0.3) is 11.8 Å². The Kier molecular flexibility index (Phi) is 8.15. The molecule has 2 amide bonds. The molecule has 0 saturated carbocycles. The van der Waals surface area contributed by atoms with Crippen LogP contribution in [0.5, 0.6) is 0 Å². The molecule has 1 fully saturated rings. The fraction of sp³-hybridized carbons (Fsp3) is 0.417. The van der Waals surface area contributed by atoms with Crippen LogP contribution in [-0.2, 0) is 10.0 Å². The Morgan fingerprint density at radius 3 is 2.27 bits per heavy atom. The second-order valence-electron chi connectivity index (χ2n) is 8.07. The Labute approximate surface area is 200 Å². The van der Waals surface area contributed by atoms with Gasteiger partial charge < -0.3 is 10.2 Å². The average Bonchev–Trinajstić information content (AvgIpc) is 2.80. The molecular formula is C24H30ClN3O4S. The van der Waals surface area contributed by atoms with E-state index in [0.717, 1.165) is 19.3 Å². The van der Waals surface area contributed by atoms with Gasteiger partial charge in [-0.25, -0.2) is 8.42 Å². The van der Waals surface area contributed by atoms with E-state index < -0.39 is 15.9 Å². The number of amides is 2. The molecule has 0 aliphatic carbocycles. The predicted molar refractivity (Wildman–Crippen MR) is 130 cm³/mol. The minimum absolute atomic E-state index is 0.110. The van der Waals surface area contributed by atoms with Crippen LogP contribution in [-0.4, -0.2) is 55.6 Å². The van der Waals surface area contributed by atoms with Gasteiger partial charge in [0.1, 0.15) is 0 Å². The van der Waals surface area contributed by atoms with Crippen molar-refractivity contribution in [1.82, 2.24) is 9.21 Å². The molecule has 3 rings (SSSR count). The lowest BCUT2D eigenvalue weighted by Crippen LogP contribution is -2.35. The van der Waals surface area contributed by atoms with Crippen LogP contribution in [0, 0.1) is 6.92 Å². The number of halogens is 1. The minimum atomic E-state index is -3.65. The van der Waals surface area contributed by atoms with Gasteiger partial charge in [0.05, 0.1) is 15.5 Å². The number of carbonyl (C=O) groups excluding carboxylic acids is 2.